The van der Waals surface area contributed by atoms with Crippen LogP contribution >= 0.6 is 0 Å². The molecule has 0 aromatic carbocycles. The smallest absolute Gasteiger partial charge is 0.0195 e. The predicted molar refractivity (Wildman–Crippen MR) is 91.7 cm³/mol. The summed E-state index contributed by atoms with van der Waals surface area (Å²) in [5.41, 5.74) is 0. The summed E-state index contributed by atoms with van der Waals surface area (Å²) < 4.78 is 0. The first-order chi connectivity index (χ1) is 10.2. The molecule has 0 spiro atoms. The van der Waals surface area contributed by atoms with Gasteiger partial charge in [-0.1, -0.05) is 27.2 Å². The molecule has 1 N–H and O–H groups in total. The molecule has 1 aliphatic heterocycles. The highest BCUT2D eigenvalue weighted by Gasteiger charge is 2.32. The van der Waals surface area contributed by atoms with E-state index in [2.05, 4.69) is 42.8 Å². The van der Waals surface area contributed by atoms with Crippen LogP contribution in [0.2, 0.25) is 0 Å². The molecule has 3 nitrogen and oxygen atoms in total. The van der Waals surface area contributed by atoms with Crippen LogP contribution in [-0.4, -0.2) is 61.2 Å². The molecule has 3 heteroatoms. The summed E-state index contributed by atoms with van der Waals surface area (Å²) in [5.74, 6) is 1.84. The maximum atomic E-state index is 3.76. The van der Waals surface area contributed by atoms with Crippen LogP contribution in [0.3, 0.4) is 0 Å². The first kappa shape index (κ1) is 17.2. The number of hydrogen-bond donors (Lipinski definition) is 1. The van der Waals surface area contributed by atoms with Gasteiger partial charge in [0.05, 0.1) is 0 Å². The highest BCUT2D eigenvalue weighted by atomic mass is 15.3. The molecule has 4 unspecified atom stereocenters. The lowest BCUT2D eigenvalue weighted by Gasteiger charge is -2.44. The topological polar surface area (TPSA) is 18.5 Å². The Morgan fingerprint density at radius 2 is 1.90 bits per heavy atom. The summed E-state index contributed by atoms with van der Waals surface area (Å²) in [6, 6.07) is 1.49. The molecule has 0 bridgehead atoms. The molecule has 2 aliphatic rings. The lowest BCUT2D eigenvalue weighted by atomic mass is 9.76. The molecule has 2 rings (SSSR count). The third-order valence-electron chi connectivity index (χ3n) is 5.88. The molecular formula is C18H37N3. The Kier molecular flexibility index (Phi) is 6.97. The number of nitrogens with zero attached hydrogens (tertiary/aromatic N) is 2. The zero-order valence-corrected chi connectivity index (χ0v) is 14.8. The molecule has 1 saturated heterocycles. The monoisotopic (exact) mass is 295 g/mol. The third kappa shape index (κ3) is 4.67. The second-order valence-electron chi connectivity index (χ2n) is 7.25. The third-order valence-corrected chi connectivity index (χ3v) is 5.88. The highest BCUT2D eigenvalue weighted by Crippen LogP contribution is 2.32. The summed E-state index contributed by atoms with van der Waals surface area (Å²) in [6.45, 7) is 16.7. The minimum absolute atomic E-state index is 0.729. The van der Waals surface area contributed by atoms with Crippen molar-refractivity contribution in [1.82, 2.24) is 15.1 Å². The minimum Gasteiger partial charge on any atom is -0.314 e. The van der Waals surface area contributed by atoms with Crippen LogP contribution in [-0.2, 0) is 0 Å². The Bertz CT molecular complexity index is 294. The van der Waals surface area contributed by atoms with E-state index in [0.717, 1.165) is 30.5 Å². The standard InChI is InChI=1S/C18H37N3/c1-5-16-8-9-18(19-6-2)17(12-16)14-20-10-11-21(7-3)15(4)13-20/h15-19H,5-14H2,1-4H3. The minimum atomic E-state index is 0.729. The number of hydrogen-bond acceptors (Lipinski definition) is 3. The van der Waals surface area contributed by atoms with Crippen LogP contribution in [0.4, 0.5) is 0 Å². The fourth-order valence-corrected chi connectivity index (χ4v) is 4.50. The van der Waals surface area contributed by atoms with Crippen molar-refractivity contribution in [2.75, 3.05) is 39.3 Å². The summed E-state index contributed by atoms with van der Waals surface area (Å²) in [7, 11) is 0. The summed E-state index contributed by atoms with van der Waals surface area (Å²) >= 11 is 0. The van der Waals surface area contributed by atoms with Gasteiger partial charge >= 0.3 is 0 Å². The van der Waals surface area contributed by atoms with Gasteiger partial charge in [-0.05, 0) is 51.1 Å². The molecule has 124 valence electrons. The van der Waals surface area contributed by atoms with E-state index in [0.29, 0.717) is 0 Å². The Morgan fingerprint density at radius 1 is 1.10 bits per heavy atom. The Labute approximate surface area is 132 Å². The molecule has 2 fully saturated rings. The Balaban J connectivity index is 1.88. The van der Waals surface area contributed by atoms with Crippen molar-refractivity contribution in [1.29, 1.82) is 0 Å². The molecule has 0 radical (unpaired) electrons. The average molecular weight is 296 g/mol. The fraction of sp³-hybridized carbons (Fsp3) is 1.00. The van der Waals surface area contributed by atoms with E-state index in [4.69, 9.17) is 0 Å². The van der Waals surface area contributed by atoms with E-state index in [1.54, 1.807) is 0 Å². The van der Waals surface area contributed by atoms with Crippen LogP contribution in [0.5, 0.6) is 0 Å². The molecule has 0 aromatic heterocycles. The second-order valence-corrected chi connectivity index (χ2v) is 7.25. The normalized spacial score (nSPS) is 36.0. The van der Waals surface area contributed by atoms with Crippen LogP contribution in [0.1, 0.15) is 53.4 Å². The van der Waals surface area contributed by atoms with Gasteiger partial charge in [-0.15, -0.1) is 0 Å². The number of piperazine rings is 1. The molecule has 1 saturated carbocycles. The van der Waals surface area contributed by atoms with Gasteiger partial charge in [-0.2, -0.15) is 0 Å². The van der Waals surface area contributed by atoms with Crippen molar-refractivity contribution >= 4 is 0 Å². The molecular weight excluding hydrogens is 258 g/mol. The largest absolute Gasteiger partial charge is 0.314 e. The van der Waals surface area contributed by atoms with E-state index in [1.807, 2.05) is 0 Å². The summed E-state index contributed by atoms with van der Waals surface area (Å²) in [6.07, 6.45) is 5.64. The maximum Gasteiger partial charge on any atom is 0.0195 e. The van der Waals surface area contributed by atoms with Crippen molar-refractivity contribution in [3.05, 3.63) is 0 Å². The number of rotatable bonds is 6. The van der Waals surface area contributed by atoms with Gasteiger partial charge in [0, 0.05) is 38.3 Å². The van der Waals surface area contributed by atoms with Gasteiger partial charge < -0.3 is 10.2 Å². The maximum absolute atomic E-state index is 3.76. The lowest BCUT2D eigenvalue weighted by molar-refractivity contribution is 0.0593. The Morgan fingerprint density at radius 3 is 2.52 bits per heavy atom. The molecule has 0 amide bonds. The highest BCUT2D eigenvalue weighted by molar-refractivity contribution is 4.88. The van der Waals surface area contributed by atoms with Crippen LogP contribution in [0.15, 0.2) is 0 Å². The average Bonchev–Trinajstić information content (AvgIpc) is 2.49. The summed E-state index contributed by atoms with van der Waals surface area (Å²) in [5, 5.41) is 3.76. The van der Waals surface area contributed by atoms with Crippen molar-refractivity contribution in [2.24, 2.45) is 11.8 Å². The van der Waals surface area contributed by atoms with Gasteiger partial charge in [-0.3, -0.25) is 4.90 Å². The van der Waals surface area contributed by atoms with E-state index in [1.165, 1.54) is 58.4 Å². The molecule has 21 heavy (non-hydrogen) atoms. The number of nitrogens with one attached hydrogen (secondary N) is 1. The predicted octanol–water partition coefficient (Wildman–Crippen LogP) is 2.82. The van der Waals surface area contributed by atoms with E-state index < -0.39 is 0 Å². The van der Waals surface area contributed by atoms with Crippen molar-refractivity contribution < 1.29 is 0 Å². The second kappa shape index (κ2) is 8.50. The van der Waals surface area contributed by atoms with Crippen LogP contribution < -0.4 is 5.32 Å². The van der Waals surface area contributed by atoms with Crippen molar-refractivity contribution in [3.8, 4) is 0 Å². The SMILES string of the molecule is CCNC1CCC(CC)CC1CN1CCN(CC)C(C)C1. The van der Waals surface area contributed by atoms with Crippen molar-refractivity contribution in [3.63, 3.8) is 0 Å². The zero-order valence-electron chi connectivity index (χ0n) is 14.8. The van der Waals surface area contributed by atoms with Gasteiger partial charge in [0.25, 0.3) is 0 Å². The first-order valence-electron chi connectivity index (χ1n) is 9.37. The van der Waals surface area contributed by atoms with Crippen LogP contribution in [0.25, 0.3) is 0 Å². The Hall–Kier alpha value is -0.120. The van der Waals surface area contributed by atoms with Crippen molar-refractivity contribution in [2.45, 2.75) is 65.5 Å². The first-order valence-corrected chi connectivity index (χ1v) is 9.37. The lowest BCUT2D eigenvalue weighted by Crippen LogP contribution is -2.54. The van der Waals surface area contributed by atoms with E-state index in [9.17, 15) is 0 Å². The van der Waals surface area contributed by atoms with E-state index in [-0.39, 0.29) is 0 Å². The zero-order chi connectivity index (χ0) is 15.2. The molecule has 0 aromatic rings. The molecule has 4 atom stereocenters. The van der Waals surface area contributed by atoms with Gasteiger partial charge in [0.1, 0.15) is 0 Å². The van der Waals surface area contributed by atoms with Gasteiger partial charge in [-0.25, -0.2) is 0 Å². The van der Waals surface area contributed by atoms with Gasteiger partial charge in [0.15, 0.2) is 0 Å². The van der Waals surface area contributed by atoms with Crippen LogP contribution in [0, 0.1) is 11.8 Å². The molecule has 1 aliphatic carbocycles. The fourth-order valence-electron chi connectivity index (χ4n) is 4.50. The number of likely N-dealkylation sites (N-methyl/N-ethyl adjacent to an activating group) is 1. The summed E-state index contributed by atoms with van der Waals surface area (Å²) in [4.78, 5) is 5.36. The molecule has 1 heterocycles. The van der Waals surface area contributed by atoms with Gasteiger partial charge in [0.2, 0.25) is 0 Å². The quantitative estimate of drug-likeness (QED) is 0.813. The van der Waals surface area contributed by atoms with E-state index >= 15 is 0 Å².